The monoisotopic (exact) mass is 431 g/mol. The van der Waals surface area contributed by atoms with Crippen LogP contribution < -0.4 is 19.5 Å². The van der Waals surface area contributed by atoms with Crippen LogP contribution in [0.5, 0.6) is 17.2 Å². The van der Waals surface area contributed by atoms with Crippen LogP contribution >= 0.6 is 0 Å². The first-order chi connectivity index (χ1) is 15.6. The van der Waals surface area contributed by atoms with Gasteiger partial charge in [0.1, 0.15) is 25.6 Å². The molecular formula is C27H29NO4. The molecule has 0 saturated carbocycles. The Hall–Kier alpha value is -3.47. The molecule has 5 nitrogen and oxygen atoms in total. The molecule has 1 unspecified atom stereocenters. The minimum Gasteiger partial charge on any atom is -0.489 e. The van der Waals surface area contributed by atoms with E-state index in [9.17, 15) is 4.79 Å². The summed E-state index contributed by atoms with van der Waals surface area (Å²) in [7, 11) is 0. The largest absolute Gasteiger partial charge is 0.489 e. The van der Waals surface area contributed by atoms with Gasteiger partial charge in [-0.3, -0.25) is 4.79 Å². The van der Waals surface area contributed by atoms with Crippen LogP contribution in [0.3, 0.4) is 0 Å². The summed E-state index contributed by atoms with van der Waals surface area (Å²) in [5.74, 6) is 2.60. The van der Waals surface area contributed by atoms with E-state index in [4.69, 9.17) is 14.2 Å². The average molecular weight is 432 g/mol. The molecule has 0 bridgehead atoms. The molecule has 0 radical (unpaired) electrons. The van der Waals surface area contributed by atoms with Crippen molar-refractivity contribution >= 4 is 5.91 Å². The second-order valence-corrected chi connectivity index (χ2v) is 8.36. The van der Waals surface area contributed by atoms with Crippen molar-refractivity contribution in [3.8, 4) is 17.2 Å². The van der Waals surface area contributed by atoms with E-state index in [2.05, 4.69) is 19.2 Å². The maximum Gasteiger partial charge on any atom is 0.251 e. The fourth-order valence-corrected chi connectivity index (χ4v) is 3.75. The van der Waals surface area contributed by atoms with Gasteiger partial charge in [-0.25, -0.2) is 0 Å². The van der Waals surface area contributed by atoms with Crippen LogP contribution in [-0.4, -0.2) is 19.1 Å². The number of para-hydroxylation sites is 1. The maximum absolute atomic E-state index is 13.1. The van der Waals surface area contributed by atoms with Gasteiger partial charge in [0.05, 0.1) is 6.04 Å². The Labute approximate surface area is 189 Å². The first kappa shape index (κ1) is 21.8. The van der Waals surface area contributed by atoms with Crippen LogP contribution in [0.4, 0.5) is 0 Å². The molecule has 1 atom stereocenters. The van der Waals surface area contributed by atoms with Gasteiger partial charge in [0, 0.05) is 5.56 Å². The smallest absolute Gasteiger partial charge is 0.251 e. The number of fused-ring (bicyclic) bond motifs is 1. The van der Waals surface area contributed by atoms with Crippen LogP contribution in [0, 0.1) is 5.92 Å². The number of benzene rings is 3. The summed E-state index contributed by atoms with van der Waals surface area (Å²) in [6, 6.07) is 23.0. The number of ether oxygens (including phenoxy) is 3. The van der Waals surface area contributed by atoms with Gasteiger partial charge in [-0.15, -0.1) is 0 Å². The van der Waals surface area contributed by atoms with Gasteiger partial charge < -0.3 is 19.5 Å². The fraction of sp³-hybridized carbons (Fsp3) is 0.296. The number of hydrogen-bond donors (Lipinski definition) is 1. The molecule has 0 fully saturated rings. The van der Waals surface area contributed by atoms with Crippen LogP contribution in [0.25, 0.3) is 0 Å². The van der Waals surface area contributed by atoms with E-state index >= 15 is 0 Å². The van der Waals surface area contributed by atoms with Gasteiger partial charge in [0.15, 0.2) is 11.5 Å². The van der Waals surface area contributed by atoms with E-state index in [1.807, 2.05) is 72.8 Å². The highest BCUT2D eigenvalue weighted by Gasteiger charge is 2.20. The molecule has 3 aromatic rings. The zero-order valence-electron chi connectivity index (χ0n) is 18.5. The predicted molar refractivity (Wildman–Crippen MR) is 124 cm³/mol. The fourth-order valence-electron chi connectivity index (χ4n) is 3.75. The van der Waals surface area contributed by atoms with Crippen LogP contribution in [-0.2, 0) is 6.61 Å². The van der Waals surface area contributed by atoms with E-state index in [1.165, 1.54) is 0 Å². The van der Waals surface area contributed by atoms with Crippen molar-refractivity contribution in [2.24, 2.45) is 5.92 Å². The van der Waals surface area contributed by atoms with E-state index in [1.54, 1.807) is 0 Å². The summed E-state index contributed by atoms with van der Waals surface area (Å²) in [6.45, 7) is 5.80. The molecule has 4 rings (SSSR count). The molecule has 32 heavy (non-hydrogen) atoms. The number of carbonyl (C=O) groups excluding carboxylic acids is 1. The Morgan fingerprint density at radius 2 is 1.72 bits per heavy atom. The highest BCUT2D eigenvalue weighted by Crippen LogP contribution is 2.34. The second kappa shape index (κ2) is 10.2. The lowest BCUT2D eigenvalue weighted by Crippen LogP contribution is -2.29. The summed E-state index contributed by atoms with van der Waals surface area (Å²) in [6.07, 6.45) is 0.822. The van der Waals surface area contributed by atoms with Gasteiger partial charge in [0.2, 0.25) is 0 Å². The minimum absolute atomic E-state index is 0.105. The molecule has 1 aliphatic heterocycles. The highest BCUT2D eigenvalue weighted by atomic mass is 16.6. The maximum atomic E-state index is 13.1. The van der Waals surface area contributed by atoms with Gasteiger partial charge in [0.25, 0.3) is 5.91 Å². The molecule has 3 aromatic carbocycles. The summed E-state index contributed by atoms with van der Waals surface area (Å²) in [4.78, 5) is 13.1. The van der Waals surface area contributed by atoms with Gasteiger partial charge in [-0.2, -0.15) is 0 Å². The zero-order chi connectivity index (χ0) is 22.3. The van der Waals surface area contributed by atoms with Crippen molar-refractivity contribution in [3.05, 3.63) is 89.5 Å². The first-order valence-corrected chi connectivity index (χ1v) is 11.1. The number of nitrogens with one attached hydrogen (secondary N) is 1. The number of hydrogen-bond acceptors (Lipinski definition) is 4. The van der Waals surface area contributed by atoms with Crippen molar-refractivity contribution < 1.29 is 19.0 Å². The van der Waals surface area contributed by atoms with Crippen LogP contribution in [0.15, 0.2) is 72.8 Å². The van der Waals surface area contributed by atoms with E-state index < -0.39 is 0 Å². The third-order valence-corrected chi connectivity index (χ3v) is 5.32. The predicted octanol–water partition coefficient (Wildman–Crippen LogP) is 5.55. The quantitative estimate of drug-likeness (QED) is 0.508. The topological polar surface area (TPSA) is 56.8 Å². The average Bonchev–Trinajstić information content (AvgIpc) is 2.82. The second-order valence-electron chi connectivity index (χ2n) is 8.36. The lowest BCUT2D eigenvalue weighted by Gasteiger charge is -2.24. The molecule has 1 heterocycles. The van der Waals surface area contributed by atoms with Gasteiger partial charge in [-0.1, -0.05) is 50.2 Å². The molecule has 0 aliphatic carbocycles. The summed E-state index contributed by atoms with van der Waals surface area (Å²) in [5, 5.41) is 3.21. The van der Waals surface area contributed by atoms with E-state index in [0.717, 1.165) is 34.8 Å². The minimum atomic E-state index is -0.123. The van der Waals surface area contributed by atoms with Gasteiger partial charge in [-0.05, 0) is 59.9 Å². The third-order valence-electron chi connectivity index (χ3n) is 5.32. The Kier molecular flexibility index (Phi) is 6.95. The van der Waals surface area contributed by atoms with Crippen molar-refractivity contribution in [2.45, 2.75) is 32.9 Å². The molecule has 0 saturated heterocycles. The summed E-state index contributed by atoms with van der Waals surface area (Å²) in [5.41, 5.74) is 2.58. The van der Waals surface area contributed by atoms with Crippen molar-refractivity contribution in [1.82, 2.24) is 5.32 Å². The summed E-state index contributed by atoms with van der Waals surface area (Å²) >= 11 is 0. The van der Waals surface area contributed by atoms with E-state index in [0.29, 0.717) is 31.3 Å². The standard InChI is InChI=1S/C27H29NO4/c1-19(2)15-24(21-11-12-25-26(17-21)31-14-13-30-25)28-27(29)22-8-6-7-20(16-22)18-32-23-9-4-3-5-10-23/h3-12,16-17,19,24H,13-15,18H2,1-2H3,(H,28,29). The van der Waals surface area contributed by atoms with Crippen LogP contribution in [0.2, 0.25) is 0 Å². The molecule has 0 spiro atoms. The van der Waals surface area contributed by atoms with Crippen LogP contribution in [0.1, 0.15) is 47.8 Å². The normalized spacial score (nSPS) is 13.5. The lowest BCUT2D eigenvalue weighted by molar-refractivity contribution is 0.0931. The number of rotatable bonds is 8. The lowest BCUT2D eigenvalue weighted by atomic mass is 9.96. The van der Waals surface area contributed by atoms with Crippen molar-refractivity contribution in [1.29, 1.82) is 0 Å². The molecule has 1 amide bonds. The third kappa shape index (κ3) is 5.61. The van der Waals surface area contributed by atoms with Gasteiger partial charge >= 0.3 is 0 Å². The van der Waals surface area contributed by atoms with Crippen molar-refractivity contribution in [2.75, 3.05) is 13.2 Å². The molecular weight excluding hydrogens is 402 g/mol. The first-order valence-electron chi connectivity index (χ1n) is 11.1. The highest BCUT2D eigenvalue weighted by molar-refractivity contribution is 5.94. The molecule has 166 valence electrons. The Morgan fingerprint density at radius 1 is 0.938 bits per heavy atom. The molecule has 5 heteroatoms. The Morgan fingerprint density at radius 3 is 2.50 bits per heavy atom. The summed E-state index contributed by atoms with van der Waals surface area (Å²) < 4.78 is 17.2. The molecule has 1 N–H and O–H groups in total. The Balaban J connectivity index is 1.47. The number of amides is 1. The Bertz CT molecular complexity index is 1050. The number of carbonyl (C=O) groups is 1. The SMILES string of the molecule is CC(C)CC(NC(=O)c1cccc(COc2ccccc2)c1)c1ccc2c(c1)OCCO2. The molecule has 0 aromatic heterocycles. The van der Waals surface area contributed by atoms with E-state index in [-0.39, 0.29) is 11.9 Å². The molecule has 1 aliphatic rings. The zero-order valence-corrected chi connectivity index (χ0v) is 18.5. The van der Waals surface area contributed by atoms with Crippen molar-refractivity contribution in [3.63, 3.8) is 0 Å².